The molecule has 5 nitrogen and oxygen atoms in total. The topological polar surface area (TPSA) is 64.8 Å². The minimum Gasteiger partial charge on any atom is -0.357 e. The zero-order valence-electron chi connectivity index (χ0n) is 9.06. The van der Waals surface area contributed by atoms with E-state index < -0.39 is 0 Å². The third-order valence-electron chi connectivity index (χ3n) is 2.09. The van der Waals surface area contributed by atoms with Crippen LogP contribution < -0.4 is 10.2 Å². The molecule has 0 aromatic carbocycles. The van der Waals surface area contributed by atoms with Crippen molar-refractivity contribution in [2.45, 2.75) is 13.8 Å². The number of nitrogens with one attached hydrogen (secondary N) is 1. The van der Waals surface area contributed by atoms with Crippen molar-refractivity contribution in [3.63, 3.8) is 0 Å². The number of hydrogen-bond donors (Lipinski definition) is 1. The van der Waals surface area contributed by atoms with Crippen LogP contribution in [0, 0.1) is 11.3 Å². The summed E-state index contributed by atoms with van der Waals surface area (Å²) < 4.78 is 0. The van der Waals surface area contributed by atoms with Gasteiger partial charge in [0.25, 0.3) is 0 Å². The van der Waals surface area contributed by atoms with Gasteiger partial charge >= 0.3 is 0 Å². The first-order valence-corrected chi connectivity index (χ1v) is 4.99. The van der Waals surface area contributed by atoms with Crippen LogP contribution in [0.2, 0.25) is 0 Å². The fraction of sp³-hybridized carbons (Fsp3) is 0.500. The van der Waals surface area contributed by atoms with Crippen molar-refractivity contribution < 1.29 is 0 Å². The van der Waals surface area contributed by atoms with Crippen LogP contribution in [0.4, 0.5) is 11.6 Å². The fourth-order valence-corrected chi connectivity index (χ4v) is 1.29. The maximum atomic E-state index is 8.43. The number of nitriles is 1. The molecule has 0 saturated heterocycles. The molecule has 0 aliphatic heterocycles. The average molecular weight is 205 g/mol. The summed E-state index contributed by atoms with van der Waals surface area (Å²) >= 11 is 0. The average Bonchev–Trinajstić information content (AvgIpc) is 2.29. The Labute approximate surface area is 89.8 Å². The second-order valence-corrected chi connectivity index (χ2v) is 2.95. The summed E-state index contributed by atoms with van der Waals surface area (Å²) in [5, 5.41) is 11.3. The minimum absolute atomic E-state index is 0.259. The highest BCUT2D eigenvalue weighted by atomic mass is 15.2. The Kier molecular flexibility index (Phi) is 4.35. The SMILES string of the molecule is CCN(CC)c1cc(NCC#N)ncn1. The highest BCUT2D eigenvalue weighted by Crippen LogP contribution is 2.12. The maximum absolute atomic E-state index is 8.43. The summed E-state index contributed by atoms with van der Waals surface area (Å²) in [5.74, 6) is 1.57. The van der Waals surface area contributed by atoms with Gasteiger partial charge in [-0.05, 0) is 13.8 Å². The van der Waals surface area contributed by atoms with Gasteiger partial charge in [-0.2, -0.15) is 5.26 Å². The lowest BCUT2D eigenvalue weighted by Gasteiger charge is -2.19. The second-order valence-electron chi connectivity index (χ2n) is 2.95. The molecule has 1 aromatic rings. The van der Waals surface area contributed by atoms with Crippen LogP contribution in [0.5, 0.6) is 0 Å². The lowest BCUT2D eigenvalue weighted by Crippen LogP contribution is -2.23. The third kappa shape index (κ3) is 3.09. The summed E-state index contributed by atoms with van der Waals surface area (Å²) in [6.45, 7) is 6.23. The van der Waals surface area contributed by atoms with Gasteiger partial charge in [-0.3, -0.25) is 0 Å². The summed E-state index contributed by atoms with van der Waals surface area (Å²) in [5.41, 5.74) is 0. The zero-order valence-corrected chi connectivity index (χ0v) is 9.06. The largest absolute Gasteiger partial charge is 0.357 e. The van der Waals surface area contributed by atoms with Crippen LogP contribution in [0.1, 0.15) is 13.8 Å². The Morgan fingerprint density at radius 2 is 2.13 bits per heavy atom. The van der Waals surface area contributed by atoms with Crippen molar-refractivity contribution in [3.05, 3.63) is 12.4 Å². The molecule has 0 bridgehead atoms. The van der Waals surface area contributed by atoms with E-state index in [0.717, 1.165) is 18.9 Å². The highest BCUT2D eigenvalue weighted by Gasteiger charge is 2.04. The molecule has 5 heteroatoms. The van der Waals surface area contributed by atoms with Crippen LogP contribution in [-0.2, 0) is 0 Å². The lowest BCUT2D eigenvalue weighted by molar-refractivity contribution is 0.841. The quantitative estimate of drug-likeness (QED) is 0.733. The van der Waals surface area contributed by atoms with Crippen molar-refractivity contribution in [2.24, 2.45) is 0 Å². The van der Waals surface area contributed by atoms with Gasteiger partial charge in [0, 0.05) is 19.2 Å². The van der Waals surface area contributed by atoms with E-state index in [0.29, 0.717) is 5.82 Å². The molecule has 0 saturated carbocycles. The second kappa shape index (κ2) is 5.81. The molecule has 0 fully saturated rings. The molecule has 1 heterocycles. The van der Waals surface area contributed by atoms with Gasteiger partial charge < -0.3 is 10.2 Å². The molecule has 1 aromatic heterocycles. The maximum Gasteiger partial charge on any atom is 0.134 e. The van der Waals surface area contributed by atoms with Gasteiger partial charge in [0.15, 0.2) is 0 Å². The van der Waals surface area contributed by atoms with E-state index in [-0.39, 0.29) is 6.54 Å². The molecule has 0 atom stereocenters. The number of rotatable bonds is 5. The summed E-state index contributed by atoms with van der Waals surface area (Å²) in [6, 6.07) is 3.86. The molecular formula is C10H15N5. The smallest absolute Gasteiger partial charge is 0.134 e. The standard InChI is InChI=1S/C10H15N5/c1-3-15(4-2)10-7-9(12-6-5-11)13-8-14-10/h7-8H,3-4,6H2,1-2H3,(H,12,13,14). The van der Waals surface area contributed by atoms with Crippen LogP contribution >= 0.6 is 0 Å². The Morgan fingerprint density at radius 3 is 2.73 bits per heavy atom. The lowest BCUT2D eigenvalue weighted by atomic mass is 10.4. The summed E-state index contributed by atoms with van der Waals surface area (Å²) in [4.78, 5) is 10.3. The van der Waals surface area contributed by atoms with Gasteiger partial charge in [0.05, 0.1) is 6.07 Å². The van der Waals surface area contributed by atoms with E-state index >= 15 is 0 Å². The van der Waals surface area contributed by atoms with Crippen LogP contribution in [0.3, 0.4) is 0 Å². The highest BCUT2D eigenvalue weighted by molar-refractivity contribution is 5.48. The Morgan fingerprint density at radius 1 is 1.40 bits per heavy atom. The van der Waals surface area contributed by atoms with E-state index in [4.69, 9.17) is 5.26 Å². The monoisotopic (exact) mass is 205 g/mol. The van der Waals surface area contributed by atoms with Crippen molar-refractivity contribution in [2.75, 3.05) is 29.9 Å². The molecule has 1 N–H and O–H groups in total. The molecule has 0 aliphatic carbocycles. The van der Waals surface area contributed by atoms with Crippen molar-refractivity contribution in [3.8, 4) is 6.07 Å². The van der Waals surface area contributed by atoms with Crippen molar-refractivity contribution in [1.29, 1.82) is 5.26 Å². The first kappa shape index (κ1) is 11.2. The predicted octanol–water partition coefficient (Wildman–Crippen LogP) is 1.26. The molecule has 1 rings (SSSR count). The number of nitrogens with zero attached hydrogens (tertiary/aromatic N) is 4. The Hall–Kier alpha value is -1.83. The normalized spacial score (nSPS) is 9.40. The van der Waals surface area contributed by atoms with Crippen LogP contribution in [0.15, 0.2) is 12.4 Å². The van der Waals surface area contributed by atoms with Gasteiger partial charge in [-0.15, -0.1) is 0 Å². The van der Waals surface area contributed by atoms with E-state index in [1.54, 1.807) is 0 Å². The van der Waals surface area contributed by atoms with Gasteiger partial charge in [0.1, 0.15) is 24.5 Å². The fourth-order valence-electron chi connectivity index (χ4n) is 1.29. The minimum atomic E-state index is 0.259. The summed E-state index contributed by atoms with van der Waals surface area (Å²) in [7, 11) is 0. The zero-order chi connectivity index (χ0) is 11.1. The van der Waals surface area contributed by atoms with Crippen molar-refractivity contribution >= 4 is 11.6 Å². The molecule has 0 spiro atoms. The first-order valence-electron chi connectivity index (χ1n) is 4.99. The van der Waals surface area contributed by atoms with Crippen LogP contribution in [-0.4, -0.2) is 29.6 Å². The molecule has 0 unspecified atom stereocenters. The van der Waals surface area contributed by atoms with E-state index in [2.05, 4.69) is 34.0 Å². The number of hydrogen-bond acceptors (Lipinski definition) is 5. The third-order valence-corrected chi connectivity index (χ3v) is 2.09. The predicted molar refractivity (Wildman–Crippen MR) is 59.7 cm³/mol. The van der Waals surface area contributed by atoms with Gasteiger partial charge in [0.2, 0.25) is 0 Å². The Bertz CT molecular complexity index is 340. The van der Waals surface area contributed by atoms with Gasteiger partial charge in [-0.25, -0.2) is 9.97 Å². The van der Waals surface area contributed by atoms with E-state index in [1.807, 2.05) is 12.1 Å². The van der Waals surface area contributed by atoms with Crippen molar-refractivity contribution in [1.82, 2.24) is 9.97 Å². The van der Waals surface area contributed by atoms with E-state index in [9.17, 15) is 0 Å². The molecule has 15 heavy (non-hydrogen) atoms. The van der Waals surface area contributed by atoms with Crippen LogP contribution in [0.25, 0.3) is 0 Å². The molecule has 0 aliphatic rings. The number of anilines is 2. The van der Waals surface area contributed by atoms with Gasteiger partial charge in [-0.1, -0.05) is 0 Å². The molecule has 0 radical (unpaired) electrons. The molecule has 0 amide bonds. The molecule has 80 valence electrons. The number of aromatic nitrogens is 2. The first-order chi connectivity index (χ1) is 7.31. The Balaban J connectivity index is 2.77. The summed E-state index contributed by atoms with van der Waals surface area (Å²) in [6.07, 6.45) is 1.51. The van der Waals surface area contributed by atoms with E-state index in [1.165, 1.54) is 6.33 Å². The molecular weight excluding hydrogens is 190 g/mol.